The number of anilines is 1. The van der Waals surface area contributed by atoms with Gasteiger partial charge in [0.1, 0.15) is 0 Å². The van der Waals surface area contributed by atoms with Crippen molar-refractivity contribution >= 4 is 18.0 Å². The summed E-state index contributed by atoms with van der Waals surface area (Å²) < 4.78 is 0. The number of nitrogens with one attached hydrogen (secondary N) is 1. The van der Waals surface area contributed by atoms with Crippen LogP contribution >= 0.6 is 0 Å². The van der Waals surface area contributed by atoms with Gasteiger partial charge in [-0.3, -0.25) is 4.79 Å². The Labute approximate surface area is 76.6 Å². The van der Waals surface area contributed by atoms with Gasteiger partial charge in [0.2, 0.25) is 0 Å². The molecule has 13 heavy (non-hydrogen) atoms. The van der Waals surface area contributed by atoms with Crippen LogP contribution in [-0.2, 0) is 4.79 Å². The van der Waals surface area contributed by atoms with E-state index in [0.717, 1.165) is 17.5 Å². The Morgan fingerprint density at radius 1 is 1.23 bits per heavy atom. The first-order chi connectivity index (χ1) is 6.40. The largest absolute Gasteiger partial charge is 0.352 e. The van der Waals surface area contributed by atoms with Crippen molar-refractivity contribution in [1.82, 2.24) is 0 Å². The van der Waals surface area contributed by atoms with Crippen molar-refractivity contribution in [1.29, 1.82) is 0 Å². The molecule has 0 amide bonds. The molecule has 0 atom stereocenters. The third-order valence-corrected chi connectivity index (χ3v) is 1.92. The monoisotopic (exact) mass is 171 g/mol. The van der Waals surface area contributed by atoms with Gasteiger partial charge in [-0.25, -0.2) is 0 Å². The average Bonchev–Trinajstić information content (AvgIpc) is 2.38. The lowest BCUT2D eigenvalue weighted by Crippen LogP contribution is -2.00. The predicted octanol–water partition coefficient (Wildman–Crippen LogP) is 2.21. The second-order valence-corrected chi connectivity index (χ2v) is 2.81. The summed E-state index contributed by atoms with van der Waals surface area (Å²) >= 11 is 0. The van der Waals surface area contributed by atoms with Crippen LogP contribution in [-0.4, -0.2) is 6.29 Å². The van der Waals surface area contributed by atoms with Gasteiger partial charge in [0.05, 0.1) is 5.70 Å². The Kier molecular flexibility index (Phi) is 1.96. The van der Waals surface area contributed by atoms with E-state index in [2.05, 4.69) is 5.32 Å². The summed E-state index contributed by atoms with van der Waals surface area (Å²) in [6.07, 6.45) is 6.40. The summed E-state index contributed by atoms with van der Waals surface area (Å²) in [5.74, 6) is 0. The molecule has 0 aliphatic carbocycles. The number of hydrogen-bond donors (Lipinski definition) is 1. The molecule has 0 aromatic heterocycles. The molecule has 0 saturated heterocycles. The molecule has 0 saturated carbocycles. The van der Waals surface area contributed by atoms with Gasteiger partial charge < -0.3 is 5.32 Å². The molecule has 1 aliphatic rings. The van der Waals surface area contributed by atoms with Crippen molar-refractivity contribution in [3.8, 4) is 0 Å². The van der Waals surface area contributed by atoms with Crippen LogP contribution in [0.4, 0.5) is 5.69 Å². The van der Waals surface area contributed by atoms with Crippen LogP contribution in [0.5, 0.6) is 0 Å². The van der Waals surface area contributed by atoms with Gasteiger partial charge in [0, 0.05) is 5.69 Å². The van der Waals surface area contributed by atoms with Crippen molar-refractivity contribution in [3.63, 3.8) is 0 Å². The van der Waals surface area contributed by atoms with Crippen LogP contribution in [0.15, 0.2) is 42.1 Å². The zero-order valence-electron chi connectivity index (χ0n) is 7.03. The molecular weight excluding hydrogens is 162 g/mol. The van der Waals surface area contributed by atoms with E-state index in [1.807, 2.05) is 36.4 Å². The Morgan fingerprint density at radius 2 is 2.08 bits per heavy atom. The van der Waals surface area contributed by atoms with Crippen LogP contribution < -0.4 is 5.32 Å². The molecule has 0 radical (unpaired) electrons. The number of hydrogen-bond acceptors (Lipinski definition) is 2. The fourth-order valence-corrected chi connectivity index (χ4v) is 1.28. The number of allylic oxidation sites excluding steroid dienone is 3. The average molecular weight is 171 g/mol. The highest BCUT2D eigenvalue weighted by atomic mass is 16.1. The standard InChI is InChI=1S/C11H9NO/c13-8-10-6-3-5-9-4-1-2-7-11(9)12-10/h1-8,12H. The fraction of sp³-hybridized carbons (Fsp3) is 0. The third kappa shape index (κ3) is 1.51. The zero-order valence-corrected chi connectivity index (χ0v) is 7.03. The summed E-state index contributed by atoms with van der Waals surface area (Å²) in [6.45, 7) is 0. The van der Waals surface area contributed by atoms with Gasteiger partial charge in [-0.2, -0.15) is 0 Å². The molecule has 1 N–H and O–H groups in total. The van der Waals surface area contributed by atoms with Crippen LogP contribution in [0.1, 0.15) is 5.56 Å². The van der Waals surface area contributed by atoms with Gasteiger partial charge in [0.25, 0.3) is 0 Å². The third-order valence-electron chi connectivity index (χ3n) is 1.92. The van der Waals surface area contributed by atoms with E-state index < -0.39 is 0 Å². The van der Waals surface area contributed by atoms with E-state index in [4.69, 9.17) is 0 Å². The summed E-state index contributed by atoms with van der Waals surface area (Å²) in [5, 5.41) is 3.04. The molecule has 64 valence electrons. The van der Waals surface area contributed by atoms with Crippen molar-refractivity contribution in [2.75, 3.05) is 5.32 Å². The van der Waals surface area contributed by atoms with Crippen LogP contribution in [0.2, 0.25) is 0 Å². The summed E-state index contributed by atoms with van der Waals surface area (Å²) in [7, 11) is 0. The Balaban J connectivity index is 2.45. The fourth-order valence-electron chi connectivity index (χ4n) is 1.28. The van der Waals surface area contributed by atoms with Crippen molar-refractivity contribution < 1.29 is 4.79 Å². The summed E-state index contributed by atoms with van der Waals surface area (Å²) in [6, 6.07) is 7.85. The molecule has 2 rings (SSSR count). The first kappa shape index (κ1) is 7.80. The molecule has 0 fully saturated rings. The lowest BCUT2D eigenvalue weighted by atomic mass is 10.2. The molecule has 2 nitrogen and oxygen atoms in total. The van der Waals surface area contributed by atoms with Crippen molar-refractivity contribution in [3.05, 3.63) is 47.7 Å². The highest BCUT2D eigenvalue weighted by molar-refractivity contribution is 5.84. The lowest BCUT2D eigenvalue weighted by Gasteiger charge is -2.05. The molecule has 1 heterocycles. The maximum Gasteiger partial charge on any atom is 0.166 e. The van der Waals surface area contributed by atoms with E-state index in [1.165, 1.54) is 0 Å². The normalized spacial score (nSPS) is 13.7. The number of fused-ring (bicyclic) bond motifs is 1. The quantitative estimate of drug-likeness (QED) is 0.656. The lowest BCUT2D eigenvalue weighted by molar-refractivity contribution is -0.104. The number of benzene rings is 1. The van der Waals surface area contributed by atoms with Crippen LogP contribution in [0.25, 0.3) is 6.08 Å². The molecule has 1 aliphatic heterocycles. The smallest absolute Gasteiger partial charge is 0.166 e. The van der Waals surface area contributed by atoms with Gasteiger partial charge in [0.15, 0.2) is 6.29 Å². The Hall–Kier alpha value is -1.83. The minimum Gasteiger partial charge on any atom is -0.352 e. The van der Waals surface area contributed by atoms with Crippen molar-refractivity contribution in [2.24, 2.45) is 0 Å². The van der Waals surface area contributed by atoms with Gasteiger partial charge in [-0.1, -0.05) is 30.4 Å². The summed E-state index contributed by atoms with van der Waals surface area (Å²) in [4.78, 5) is 10.6. The van der Waals surface area contributed by atoms with Crippen molar-refractivity contribution in [2.45, 2.75) is 0 Å². The summed E-state index contributed by atoms with van der Waals surface area (Å²) in [5.41, 5.74) is 2.64. The molecular formula is C11H9NO. The molecule has 0 spiro atoms. The molecule has 1 aromatic rings. The SMILES string of the molecule is O=CC1=CC=Cc2ccccc2N1. The zero-order chi connectivity index (χ0) is 9.10. The maximum atomic E-state index is 10.6. The maximum absolute atomic E-state index is 10.6. The number of carbonyl (C=O) groups excluding carboxylic acids is 1. The highest BCUT2D eigenvalue weighted by Gasteiger charge is 2.02. The van der Waals surface area contributed by atoms with E-state index in [1.54, 1.807) is 6.08 Å². The predicted molar refractivity (Wildman–Crippen MR) is 53.2 cm³/mol. The Morgan fingerprint density at radius 3 is 2.92 bits per heavy atom. The Bertz CT molecular complexity index is 391. The second-order valence-electron chi connectivity index (χ2n) is 2.81. The first-order valence-electron chi connectivity index (χ1n) is 4.10. The van der Waals surface area contributed by atoms with Gasteiger partial charge in [-0.05, 0) is 17.7 Å². The number of para-hydroxylation sites is 1. The second kappa shape index (κ2) is 3.27. The molecule has 0 bridgehead atoms. The van der Waals surface area contributed by atoms with E-state index in [-0.39, 0.29) is 0 Å². The van der Waals surface area contributed by atoms with E-state index in [9.17, 15) is 4.79 Å². The number of carbonyl (C=O) groups is 1. The topological polar surface area (TPSA) is 29.1 Å². The van der Waals surface area contributed by atoms with Crippen LogP contribution in [0.3, 0.4) is 0 Å². The first-order valence-corrected chi connectivity index (χ1v) is 4.10. The molecule has 2 heteroatoms. The van der Waals surface area contributed by atoms with E-state index >= 15 is 0 Å². The van der Waals surface area contributed by atoms with Gasteiger partial charge >= 0.3 is 0 Å². The minimum absolute atomic E-state index is 0.584. The molecule has 1 aromatic carbocycles. The van der Waals surface area contributed by atoms with Gasteiger partial charge in [-0.15, -0.1) is 0 Å². The number of aldehydes is 1. The highest BCUT2D eigenvalue weighted by Crippen LogP contribution is 2.20. The van der Waals surface area contributed by atoms with Crippen LogP contribution in [0, 0.1) is 0 Å². The number of rotatable bonds is 1. The molecule has 0 unspecified atom stereocenters. The minimum atomic E-state index is 0.584. The van der Waals surface area contributed by atoms with E-state index in [0.29, 0.717) is 5.70 Å².